The van der Waals surface area contributed by atoms with Crippen LogP contribution in [0.1, 0.15) is 11.3 Å². The average Bonchev–Trinajstić information content (AvgIpc) is 2.66. The van der Waals surface area contributed by atoms with E-state index < -0.39 is 0 Å². The molecule has 3 heteroatoms. The molecule has 0 spiro atoms. The lowest BCUT2D eigenvalue weighted by Gasteiger charge is -1.99. The van der Waals surface area contributed by atoms with E-state index in [1.807, 2.05) is 42.6 Å². The molecule has 3 rings (SSSR count). The summed E-state index contributed by atoms with van der Waals surface area (Å²) in [7, 11) is 0. The van der Waals surface area contributed by atoms with Crippen molar-refractivity contribution >= 4 is 5.65 Å². The second kappa shape index (κ2) is 3.95. The van der Waals surface area contributed by atoms with Gasteiger partial charge in [0.25, 0.3) is 0 Å². The van der Waals surface area contributed by atoms with Crippen molar-refractivity contribution in [2.45, 2.75) is 13.8 Å². The molecular weight excluding hydrogens is 227 g/mol. The van der Waals surface area contributed by atoms with Crippen molar-refractivity contribution in [2.24, 2.45) is 0 Å². The Bertz CT molecular complexity index is 728. The Kier molecular flexibility index (Phi) is 2.40. The highest BCUT2D eigenvalue weighted by molar-refractivity contribution is 5.66. The molecule has 1 aromatic carbocycles. The Labute approximate surface area is 105 Å². The molecule has 90 valence electrons. The van der Waals surface area contributed by atoms with Crippen LogP contribution in [-0.2, 0) is 0 Å². The van der Waals surface area contributed by atoms with Gasteiger partial charge in [0, 0.05) is 17.5 Å². The highest BCUT2D eigenvalue weighted by atomic mass is 19.1. The second-order valence-corrected chi connectivity index (χ2v) is 4.49. The molecule has 0 amide bonds. The number of aromatic nitrogens is 2. The van der Waals surface area contributed by atoms with Gasteiger partial charge in [-0.25, -0.2) is 9.37 Å². The molecule has 0 fully saturated rings. The number of pyridine rings is 1. The fourth-order valence-electron chi connectivity index (χ4n) is 2.18. The Morgan fingerprint density at radius 2 is 1.94 bits per heavy atom. The lowest BCUT2D eigenvalue weighted by atomic mass is 10.1. The molecule has 0 unspecified atom stereocenters. The van der Waals surface area contributed by atoms with E-state index in [1.165, 1.54) is 17.7 Å². The lowest BCUT2D eigenvalue weighted by Crippen LogP contribution is -1.87. The molecule has 2 heterocycles. The first-order valence-corrected chi connectivity index (χ1v) is 5.86. The number of imidazole rings is 1. The van der Waals surface area contributed by atoms with Crippen molar-refractivity contribution in [3.05, 3.63) is 59.7 Å². The Morgan fingerprint density at radius 1 is 1.11 bits per heavy atom. The smallest absolute Gasteiger partial charge is 0.137 e. The predicted molar refractivity (Wildman–Crippen MR) is 70.1 cm³/mol. The molecule has 0 radical (unpaired) electrons. The topological polar surface area (TPSA) is 17.3 Å². The molecule has 0 aliphatic heterocycles. The predicted octanol–water partition coefficient (Wildman–Crippen LogP) is 3.76. The highest BCUT2D eigenvalue weighted by Crippen LogP contribution is 2.24. The number of hydrogen-bond acceptors (Lipinski definition) is 1. The number of nitrogens with zero attached hydrogens (tertiary/aromatic N) is 2. The first-order valence-electron chi connectivity index (χ1n) is 5.86. The van der Waals surface area contributed by atoms with Crippen LogP contribution in [0.15, 0.2) is 42.6 Å². The number of halogens is 1. The molecule has 0 saturated carbocycles. The normalized spacial score (nSPS) is 11.1. The van der Waals surface area contributed by atoms with E-state index in [-0.39, 0.29) is 5.82 Å². The van der Waals surface area contributed by atoms with E-state index in [0.717, 1.165) is 22.6 Å². The molecule has 0 saturated heterocycles. The molecule has 3 aromatic rings. The first kappa shape index (κ1) is 11.0. The number of benzene rings is 1. The van der Waals surface area contributed by atoms with Crippen LogP contribution in [0.4, 0.5) is 4.39 Å². The van der Waals surface area contributed by atoms with Gasteiger partial charge in [0.2, 0.25) is 0 Å². The van der Waals surface area contributed by atoms with E-state index in [1.54, 1.807) is 6.07 Å². The van der Waals surface area contributed by atoms with E-state index in [4.69, 9.17) is 0 Å². The highest BCUT2D eigenvalue weighted by Gasteiger charge is 2.10. The summed E-state index contributed by atoms with van der Waals surface area (Å²) in [4.78, 5) is 4.58. The number of rotatable bonds is 1. The van der Waals surface area contributed by atoms with E-state index in [9.17, 15) is 4.39 Å². The van der Waals surface area contributed by atoms with Gasteiger partial charge in [0.1, 0.15) is 11.5 Å². The van der Waals surface area contributed by atoms with Crippen LogP contribution in [0.25, 0.3) is 16.9 Å². The summed E-state index contributed by atoms with van der Waals surface area (Å²) in [5, 5.41) is 0. The number of aryl methyl sites for hydroxylation is 2. The lowest BCUT2D eigenvalue weighted by molar-refractivity contribution is 0.628. The minimum Gasteiger partial charge on any atom is -0.304 e. The largest absolute Gasteiger partial charge is 0.304 e. The van der Waals surface area contributed by atoms with Gasteiger partial charge in [0.05, 0.1) is 5.69 Å². The molecule has 18 heavy (non-hydrogen) atoms. The minimum atomic E-state index is -0.236. The van der Waals surface area contributed by atoms with Crippen molar-refractivity contribution in [3.63, 3.8) is 0 Å². The first-order chi connectivity index (χ1) is 8.65. The molecule has 0 N–H and O–H groups in total. The van der Waals surface area contributed by atoms with Crippen molar-refractivity contribution in [2.75, 3.05) is 0 Å². The van der Waals surface area contributed by atoms with Crippen LogP contribution < -0.4 is 0 Å². The van der Waals surface area contributed by atoms with E-state index >= 15 is 0 Å². The summed E-state index contributed by atoms with van der Waals surface area (Å²) >= 11 is 0. The van der Waals surface area contributed by atoms with Crippen LogP contribution in [0.5, 0.6) is 0 Å². The molecular formula is C15H13FN2. The van der Waals surface area contributed by atoms with Gasteiger partial charge < -0.3 is 4.40 Å². The van der Waals surface area contributed by atoms with Crippen LogP contribution in [0.3, 0.4) is 0 Å². The SMILES string of the molecule is Cc1ccn2c(C)c(-c3cccc(F)c3)nc2c1. The molecule has 0 aliphatic rings. The quantitative estimate of drug-likeness (QED) is 0.633. The third kappa shape index (κ3) is 1.68. The zero-order chi connectivity index (χ0) is 12.7. The van der Waals surface area contributed by atoms with Gasteiger partial charge in [-0.2, -0.15) is 0 Å². The second-order valence-electron chi connectivity index (χ2n) is 4.49. The Morgan fingerprint density at radius 3 is 2.72 bits per heavy atom. The zero-order valence-electron chi connectivity index (χ0n) is 10.3. The Hall–Kier alpha value is -2.16. The average molecular weight is 240 g/mol. The molecule has 0 aliphatic carbocycles. The summed E-state index contributed by atoms with van der Waals surface area (Å²) < 4.78 is 15.3. The number of hydrogen-bond donors (Lipinski definition) is 0. The Balaban J connectivity index is 2.27. The van der Waals surface area contributed by atoms with Crippen molar-refractivity contribution in [1.82, 2.24) is 9.38 Å². The van der Waals surface area contributed by atoms with Gasteiger partial charge in [-0.15, -0.1) is 0 Å². The van der Waals surface area contributed by atoms with Gasteiger partial charge in [0.15, 0.2) is 0 Å². The van der Waals surface area contributed by atoms with Crippen molar-refractivity contribution < 1.29 is 4.39 Å². The van der Waals surface area contributed by atoms with E-state index in [0.29, 0.717) is 0 Å². The van der Waals surface area contributed by atoms with Gasteiger partial charge in [-0.3, -0.25) is 0 Å². The maximum absolute atomic E-state index is 13.3. The standard InChI is InChI=1S/C15H13FN2/c1-10-6-7-18-11(2)15(17-14(18)8-10)12-4-3-5-13(16)9-12/h3-9H,1-2H3. The van der Waals surface area contributed by atoms with Crippen molar-refractivity contribution in [3.8, 4) is 11.3 Å². The molecule has 2 nitrogen and oxygen atoms in total. The third-order valence-corrected chi connectivity index (χ3v) is 3.12. The minimum absolute atomic E-state index is 0.236. The molecule has 0 bridgehead atoms. The summed E-state index contributed by atoms with van der Waals surface area (Å²) in [5.41, 5.74) is 4.73. The van der Waals surface area contributed by atoms with Crippen molar-refractivity contribution in [1.29, 1.82) is 0 Å². The van der Waals surface area contributed by atoms with Crippen LogP contribution in [-0.4, -0.2) is 9.38 Å². The summed E-state index contributed by atoms with van der Waals surface area (Å²) in [6.07, 6.45) is 2.00. The van der Waals surface area contributed by atoms with E-state index in [2.05, 4.69) is 4.98 Å². The zero-order valence-corrected chi connectivity index (χ0v) is 10.3. The monoisotopic (exact) mass is 240 g/mol. The summed E-state index contributed by atoms with van der Waals surface area (Å²) in [6, 6.07) is 10.6. The van der Waals surface area contributed by atoms with Crippen LogP contribution in [0.2, 0.25) is 0 Å². The molecule has 2 aromatic heterocycles. The van der Waals surface area contributed by atoms with Crippen LogP contribution in [0, 0.1) is 19.7 Å². The summed E-state index contributed by atoms with van der Waals surface area (Å²) in [5.74, 6) is -0.236. The van der Waals surface area contributed by atoms with Gasteiger partial charge in [-0.1, -0.05) is 12.1 Å². The summed E-state index contributed by atoms with van der Waals surface area (Å²) in [6.45, 7) is 4.03. The maximum atomic E-state index is 13.3. The molecule has 0 atom stereocenters. The fourth-order valence-corrected chi connectivity index (χ4v) is 2.18. The third-order valence-electron chi connectivity index (χ3n) is 3.12. The maximum Gasteiger partial charge on any atom is 0.137 e. The number of fused-ring (bicyclic) bond motifs is 1. The fraction of sp³-hybridized carbons (Fsp3) is 0.133. The van der Waals surface area contributed by atoms with Crippen LogP contribution >= 0.6 is 0 Å². The van der Waals surface area contributed by atoms with Gasteiger partial charge >= 0.3 is 0 Å². The van der Waals surface area contributed by atoms with Gasteiger partial charge in [-0.05, 0) is 43.7 Å².